The zero-order valence-electron chi connectivity index (χ0n) is 12.1. The van der Waals surface area contributed by atoms with Gasteiger partial charge in [-0.1, -0.05) is 23.7 Å². The van der Waals surface area contributed by atoms with Gasteiger partial charge in [-0.3, -0.25) is 9.59 Å². The van der Waals surface area contributed by atoms with Gasteiger partial charge in [0.05, 0.1) is 8.40 Å². The van der Waals surface area contributed by atoms with Gasteiger partial charge >= 0.3 is 0 Å². The lowest BCUT2D eigenvalue weighted by atomic mass is 10.2. The minimum absolute atomic E-state index is 0.159. The van der Waals surface area contributed by atoms with Gasteiger partial charge in [0.2, 0.25) is 5.43 Å². The van der Waals surface area contributed by atoms with Crippen LogP contribution in [0.15, 0.2) is 41.3 Å². The molecule has 2 aromatic heterocycles. The van der Waals surface area contributed by atoms with Crippen LogP contribution in [0.4, 0.5) is 0 Å². The van der Waals surface area contributed by atoms with Crippen LogP contribution in [0.25, 0.3) is 10.2 Å². The molecule has 23 heavy (non-hydrogen) atoms. The van der Waals surface area contributed by atoms with Gasteiger partial charge in [0.15, 0.2) is 0 Å². The summed E-state index contributed by atoms with van der Waals surface area (Å²) in [7, 11) is 1.83. The van der Waals surface area contributed by atoms with E-state index in [2.05, 4.69) is 27.9 Å². The molecule has 0 unspecified atom stereocenters. The average molecular weight is 459 g/mol. The van der Waals surface area contributed by atoms with E-state index in [9.17, 15) is 9.59 Å². The Balaban J connectivity index is 1.87. The highest BCUT2D eigenvalue weighted by Crippen LogP contribution is 2.24. The molecule has 0 atom stereocenters. The summed E-state index contributed by atoms with van der Waals surface area (Å²) in [6.45, 7) is 0.346. The molecule has 118 valence electrons. The van der Waals surface area contributed by atoms with Crippen molar-refractivity contribution < 1.29 is 4.79 Å². The molecule has 1 aromatic carbocycles. The Labute approximate surface area is 155 Å². The maximum absolute atomic E-state index is 12.5. The zero-order valence-corrected chi connectivity index (χ0v) is 15.8. The maximum Gasteiger partial charge on any atom is 0.257 e. The van der Waals surface area contributed by atoms with Crippen LogP contribution in [-0.4, -0.2) is 10.5 Å². The summed E-state index contributed by atoms with van der Waals surface area (Å²) in [6, 6.07) is 9.15. The molecule has 0 aliphatic carbocycles. The van der Waals surface area contributed by atoms with Crippen LogP contribution in [0.3, 0.4) is 0 Å². The minimum Gasteiger partial charge on any atom is -0.349 e. The number of nitrogens with one attached hydrogen (secondary N) is 1. The van der Waals surface area contributed by atoms with Gasteiger partial charge in [-0.25, -0.2) is 0 Å². The van der Waals surface area contributed by atoms with E-state index in [-0.39, 0.29) is 16.9 Å². The fourth-order valence-corrected chi connectivity index (χ4v) is 4.22. The highest BCUT2D eigenvalue weighted by Gasteiger charge is 2.16. The van der Waals surface area contributed by atoms with E-state index in [0.29, 0.717) is 16.3 Å². The number of benzene rings is 1. The lowest BCUT2D eigenvalue weighted by molar-refractivity contribution is 0.0949. The first-order valence-electron chi connectivity index (χ1n) is 6.77. The largest absolute Gasteiger partial charge is 0.349 e. The molecule has 0 aliphatic rings. The van der Waals surface area contributed by atoms with Crippen LogP contribution in [-0.2, 0) is 13.6 Å². The summed E-state index contributed by atoms with van der Waals surface area (Å²) in [4.78, 5) is 24.9. The summed E-state index contributed by atoms with van der Waals surface area (Å²) in [6.07, 6.45) is 1.59. The number of hydrogen-bond acceptors (Lipinski definition) is 3. The first-order chi connectivity index (χ1) is 11.0. The molecule has 1 amide bonds. The van der Waals surface area contributed by atoms with Crippen LogP contribution in [0, 0.1) is 2.88 Å². The predicted octanol–water partition coefficient (Wildman–Crippen LogP) is 3.79. The summed E-state index contributed by atoms with van der Waals surface area (Å²) < 4.78 is 3.44. The van der Waals surface area contributed by atoms with E-state index >= 15 is 0 Å². The van der Waals surface area contributed by atoms with Crippen LogP contribution in [0.1, 0.15) is 15.9 Å². The molecular weight excluding hydrogens is 447 g/mol. The van der Waals surface area contributed by atoms with E-state index in [1.807, 2.05) is 29.8 Å². The summed E-state index contributed by atoms with van der Waals surface area (Å²) in [5, 5.41) is 3.43. The Morgan fingerprint density at radius 2 is 2.04 bits per heavy atom. The molecule has 3 rings (SSSR count). The molecular formula is C16H12ClIN2O2S. The quantitative estimate of drug-likeness (QED) is 0.607. The average Bonchev–Trinajstić information content (AvgIpc) is 2.93. The number of carbonyl (C=O) groups is 1. The molecule has 1 N–H and O–H groups in total. The van der Waals surface area contributed by atoms with Crippen LogP contribution < -0.4 is 10.7 Å². The summed E-state index contributed by atoms with van der Waals surface area (Å²) in [5.41, 5.74) is 1.71. The number of thiophene rings is 1. The lowest BCUT2D eigenvalue weighted by Crippen LogP contribution is -2.29. The number of hydrogen-bond donors (Lipinski definition) is 1. The van der Waals surface area contributed by atoms with E-state index in [0.717, 1.165) is 14.0 Å². The highest BCUT2D eigenvalue weighted by molar-refractivity contribution is 14.1. The van der Waals surface area contributed by atoms with Gasteiger partial charge in [-0.05, 0) is 46.4 Å². The standard InChI is InChI=1S/C16H12ClIN2O2S/c1-20-8-11(14(21)15-12(20)6-13(18)23-15)16(22)19-7-9-2-4-10(17)5-3-9/h2-6,8H,7H2,1H3,(H,19,22). The molecule has 4 nitrogen and oxygen atoms in total. The maximum atomic E-state index is 12.5. The molecule has 0 radical (unpaired) electrons. The van der Waals surface area contributed by atoms with Crippen molar-refractivity contribution >= 4 is 61.7 Å². The third-order valence-electron chi connectivity index (χ3n) is 3.45. The number of aryl methyl sites for hydroxylation is 1. The third-order valence-corrected chi connectivity index (χ3v) is 5.58. The molecule has 2 heterocycles. The fraction of sp³-hybridized carbons (Fsp3) is 0.125. The van der Waals surface area contributed by atoms with Gasteiger partial charge in [0.25, 0.3) is 5.91 Å². The normalized spacial score (nSPS) is 10.9. The molecule has 0 fully saturated rings. The van der Waals surface area contributed by atoms with Crippen molar-refractivity contribution in [2.45, 2.75) is 6.54 Å². The van der Waals surface area contributed by atoms with Gasteiger partial charge in [0.1, 0.15) is 10.3 Å². The smallest absolute Gasteiger partial charge is 0.257 e. The summed E-state index contributed by atoms with van der Waals surface area (Å²) >= 11 is 9.41. The second-order valence-corrected chi connectivity index (χ2v) is 8.44. The van der Waals surface area contributed by atoms with Crippen molar-refractivity contribution in [2.75, 3.05) is 0 Å². The summed E-state index contributed by atoms with van der Waals surface area (Å²) in [5.74, 6) is -0.370. The molecule has 3 aromatic rings. The van der Waals surface area contributed by atoms with E-state index < -0.39 is 0 Å². The topological polar surface area (TPSA) is 51.1 Å². The van der Waals surface area contributed by atoms with Gasteiger partial charge in [0, 0.05) is 24.8 Å². The van der Waals surface area contributed by atoms with Crippen LogP contribution in [0.2, 0.25) is 5.02 Å². The van der Waals surface area contributed by atoms with Crippen molar-refractivity contribution in [1.29, 1.82) is 0 Å². The predicted molar refractivity (Wildman–Crippen MR) is 102 cm³/mol. The second kappa shape index (κ2) is 6.62. The molecule has 0 saturated carbocycles. The molecule has 0 aliphatic heterocycles. The molecule has 0 spiro atoms. The van der Waals surface area contributed by atoms with Gasteiger partial charge < -0.3 is 9.88 Å². The van der Waals surface area contributed by atoms with Crippen LogP contribution >= 0.6 is 45.5 Å². The Kier molecular flexibility index (Phi) is 4.74. The van der Waals surface area contributed by atoms with E-state index in [1.165, 1.54) is 11.3 Å². The Morgan fingerprint density at radius 3 is 2.74 bits per heavy atom. The first-order valence-corrected chi connectivity index (χ1v) is 9.04. The number of pyridine rings is 1. The number of aromatic nitrogens is 1. The first kappa shape index (κ1) is 16.5. The SMILES string of the molecule is Cn1cc(C(=O)NCc2ccc(Cl)cc2)c(=O)c2sc(I)cc21. The number of fused-ring (bicyclic) bond motifs is 1. The molecule has 0 saturated heterocycles. The lowest BCUT2D eigenvalue weighted by Gasteiger charge is -2.08. The zero-order chi connectivity index (χ0) is 16.6. The van der Waals surface area contributed by atoms with E-state index in [4.69, 9.17) is 11.6 Å². The van der Waals surface area contributed by atoms with Crippen molar-refractivity contribution in [2.24, 2.45) is 7.05 Å². The third kappa shape index (κ3) is 3.44. The van der Waals surface area contributed by atoms with Crippen molar-refractivity contribution in [3.8, 4) is 0 Å². The number of rotatable bonds is 3. The van der Waals surface area contributed by atoms with Gasteiger partial charge in [-0.15, -0.1) is 11.3 Å². The number of halogens is 2. The van der Waals surface area contributed by atoms with Crippen LogP contribution in [0.5, 0.6) is 0 Å². The number of carbonyl (C=O) groups excluding carboxylic acids is 1. The highest BCUT2D eigenvalue weighted by atomic mass is 127. The van der Waals surface area contributed by atoms with E-state index in [1.54, 1.807) is 18.3 Å². The van der Waals surface area contributed by atoms with Crippen molar-refractivity contribution in [3.05, 3.63) is 65.8 Å². The Morgan fingerprint density at radius 1 is 1.35 bits per heavy atom. The van der Waals surface area contributed by atoms with Crippen molar-refractivity contribution in [3.63, 3.8) is 0 Å². The minimum atomic E-state index is -0.370. The van der Waals surface area contributed by atoms with Gasteiger partial charge in [-0.2, -0.15) is 0 Å². The monoisotopic (exact) mass is 458 g/mol. The Bertz CT molecular complexity index is 947. The fourth-order valence-electron chi connectivity index (χ4n) is 2.26. The van der Waals surface area contributed by atoms with Crippen molar-refractivity contribution in [1.82, 2.24) is 9.88 Å². The second-order valence-electron chi connectivity index (χ2n) is 5.06. The number of amides is 1. The molecule has 0 bridgehead atoms. The molecule has 7 heteroatoms. The number of nitrogens with zero attached hydrogens (tertiary/aromatic N) is 1. The Hall–Kier alpha value is -1.38.